The van der Waals surface area contributed by atoms with Crippen molar-refractivity contribution in [2.24, 2.45) is 0 Å². The number of ether oxygens (including phenoxy) is 2. The van der Waals surface area contributed by atoms with Crippen molar-refractivity contribution in [3.05, 3.63) is 54.7 Å². The van der Waals surface area contributed by atoms with E-state index in [1.807, 2.05) is 6.07 Å². The van der Waals surface area contributed by atoms with Crippen LogP contribution in [0, 0.1) is 0 Å². The summed E-state index contributed by atoms with van der Waals surface area (Å²) >= 11 is 0. The van der Waals surface area contributed by atoms with Crippen LogP contribution >= 0.6 is 12.4 Å². The normalized spacial score (nSPS) is 15.1. The van der Waals surface area contributed by atoms with Crippen LogP contribution in [-0.2, 0) is 25.8 Å². The molecule has 3 aromatic rings. The topological polar surface area (TPSA) is 154 Å². The quantitative estimate of drug-likeness (QED) is 0.242. The number of pyridine rings is 1. The maximum Gasteiger partial charge on any atom is 0.265 e. The van der Waals surface area contributed by atoms with Gasteiger partial charge in [0.05, 0.1) is 11.5 Å². The first-order valence-corrected chi connectivity index (χ1v) is 12.2. The molecule has 0 saturated carbocycles. The van der Waals surface area contributed by atoms with Gasteiger partial charge in [0, 0.05) is 37.6 Å². The van der Waals surface area contributed by atoms with Crippen LogP contribution < -0.4 is 10.2 Å². The molecule has 0 unspecified atom stereocenters. The summed E-state index contributed by atoms with van der Waals surface area (Å²) in [4.78, 5) is 20.6. The minimum absolute atomic E-state index is 0. The SMILES string of the molecule is Cl.O=C(NO)C1(S(=O)(=O)c2ccc(OCCCc3nc(-c4cccnc4)no3)cc2)CCOCC1. The molecular formula is C22H25ClN4O7S. The number of aryl methyl sites for hydroxylation is 1. The van der Waals surface area contributed by atoms with E-state index in [1.54, 1.807) is 18.5 Å². The number of carbonyl (C=O) groups excluding carboxylic acids is 1. The molecule has 0 radical (unpaired) electrons. The molecule has 1 aliphatic rings. The third-order valence-corrected chi connectivity index (χ3v) is 8.17. The Kier molecular flexibility index (Phi) is 8.78. The van der Waals surface area contributed by atoms with E-state index in [-0.39, 0.29) is 43.4 Å². The van der Waals surface area contributed by atoms with Gasteiger partial charge in [-0.2, -0.15) is 4.98 Å². The largest absolute Gasteiger partial charge is 0.494 e. The van der Waals surface area contributed by atoms with Crippen molar-refractivity contribution in [3.8, 4) is 17.1 Å². The molecule has 2 N–H and O–H groups in total. The number of hydrogen-bond donors (Lipinski definition) is 2. The molecule has 1 amide bonds. The van der Waals surface area contributed by atoms with Gasteiger partial charge in [-0.3, -0.25) is 15.0 Å². The number of rotatable bonds is 9. The van der Waals surface area contributed by atoms with Crippen LogP contribution in [0.2, 0.25) is 0 Å². The highest BCUT2D eigenvalue weighted by atomic mass is 35.5. The van der Waals surface area contributed by atoms with E-state index in [2.05, 4.69) is 15.1 Å². The van der Waals surface area contributed by atoms with Gasteiger partial charge in [0.1, 0.15) is 5.75 Å². The molecule has 1 saturated heterocycles. The zero-order chi connectivity index (χ0) is 24.0. The molecule has 188 valence electrons. The van der Waals surface area contributed by atoms with Gasteiger partial charge in [-0.05, 0) is 55.7 Å². The molecule has 13 heteroatoms. The van der Waals surface area contributed by atoms with Crippen molar-refractivity contribution < 1.29 is 32.4 Å². The van der Waals surface area contributed by atoms with E-state index >= 15 is 0 Å². The van der Waals surface area contributed by atoms with Gasteiger partial charge in [0.2, 0.25) is 11.7 Å². The Morgan fingerprint density at radius 2 is 1.91 bits per heavy atom. The van der Waals surface area contributed by atoms with E-state index in [4.69, 9.17) is 19.2 Å². The van der Waals surface area contributed by atoms with Gasteiger partial charge in [0.15, 0.2) is 14.6 Å². The van der Waals surface area contributed by atoms with Crippen LogP contribution in [0.25, 0.3) is 11.4 Å². The smallest absolute Gasteiger partial charge is 0.265 e. The van der Waals surface area contributed by atoms with Crippen LogP contribution in [0.15, 0.2) is 58.2 Å². The predicted octanol–water partition coefficient (Wildman–Crippen LogP) is 2.39. The predicted molar refractivity (Wildman–Crippen MR) is 125 cm³/mol. The molecule has 2 aromatic heterocycles. The number of halogens is 1. The maximum absolute atomic E-state index is 13.2. The Bertz CT molecular complexity index is 1210. The number of hydrogen-bond acceptors (Lipinski definition) is 10. The number of sulfone groups is 1. The van der Waals surface area contributed by atoms with E-state index in [9.17, 15) is 13.2 Å². The standard InChI is InChI=1S/C22H24N4O7S.ClH/c27-21(25-28)22(9-13-31-14-10-22)34(29,30)18-7-5-17(6-8-18)32-12-2-4-19-24-20(26-33-19)16-3-1-11-23-15-16;/h1,3,5-8,11,15,28H,2,4,9-10,12-14H2,(H,25,27);1H. The molecule has 1 fully saturated rings. The molecule has 0 bridgehead atoms. The number of carbonyl (C=O) groups is 1. The fourth-order valence-corrected chi connectivity index (χ4v) is 5.68. The van der Waals surface area contributed by atoms with Crippen LogP contribution in [-0.4, -0.2) is 59.2 Å². The first kappa shape index (κ1) is 26.5. The van der Waals surface area contributed by atoms with E-state index < -0.39 is 20.5 Å². The molecular weight excluding hydrogens is 500 g/mol. The fourth-order valence-electron chi connectivity index (χ4n) is 3.74. The van der Waals surface area contributed by atoms with Crippen molar-refractivity contribution in [1.29, 1.82) is 0 Å². The summed E-state index contributed by atoms with van der Waals surface area (Å²) in [5.74, 6) is 0.475. The van der Waals surface area contributed by atoms with Gasteiger partial charge in [-0.15, -0.1) is 12.4 Å². The number of amides is 1. The lowest BCUT2D eigenvalue weighted by atomic mass is 9.98. The molecule has 0 atom stereocenters. The van der Waals surface area contributed by atoms with Crippen LogP contribution in [0.3, 0.4) is 0 Å². The number of nitrogens with zero attached hydrogens (tertiary/aromatic N) is 3. The molecule has 35 heavy (non-hydrogen) atoms. The van der Waals surface area contributed by atoms with Crippen LogP contribution in [0.1, 0.15) is 25.2 Å². The summed E-state index contributed by atoms with van der Waals surface area (Å²) in [6, 6.07) is 9.48. The van der Waals surface area contributed by atoms with Gasteiger partial charge < -0.3 is 14.0 Å². The Morgan fingerprint density at radius 1 is 1.17 bits per heavy atom. The highest BCUT2D eigenvalue weighted by molar-refractivity contribution is 7.93. The number of nitrogens with one attached hydrogen (secondary N) is 1. The zero-order valence-corrected chi connectivity index (χ0v) is 20.3. The molecule has 4 rings (SSSR count). The Labute approximate surface area is 208 Å². The Morgan fingerprint density at radius 3 is 2.57 bits per heavy atom. The van der Waals surface area contributed by atoms with E-state index in [0.717, 1.165) is 5.56 Å². The Balaban J connectivity index is 0.00000342. The molecule has 0 aliphatic carbocycles. The first-order valence-electron chi connectivity index (χ1n) is 10.7. The monoisotopic (exact) mass is 524 g/mol. The maximum atomic E-state index is 13.2. The number of aromatic nitrogens is 3. The Hall–Kier alpha value is -3.06. The van der Waals surface area contributed by atoms with Crippen molar-refractivity contribution in [2.75, 3.05) is 19.8 Å². The van der Waals surface area contributed by atoms with Crippen LogP contribution in [0.5, 0.6) is 5.75 Å². The number of benzene rings is 1. The molecule has 3 heterocycles. The summed E-state index contributed by atoms with van der Waals surface area (Å²) in [5.41, 5.74) is 2.27. The lowest BCUT2D eigenvalue weighted by Gasteiger charge is -2.34. The summed E-state index contributed by atoms with van der Waals surface area (Å²) < 4.78 is 40.9. The summed E-state index contributed by atoms with van der Waals surface area (Å²) in [7, 11) is -4.07. The lowest BCUT2D eigenvalue weighted by molar-refractivity contribution is -0.134. The summed E-state index contributed by atoms with van der Waals surface area (Å²) in [5, 5.41) is 13.1. The third-order valence-electron chi connectivity index (χ3n) is 5.66. The molecule has 1 aromatic carbocycles. The first-order chi connectivity index (χ1) is 16.5. The minimum atomic E-state index is -4.07. The second-order valence-electron chi connectivity index (χ2n) is 7.73. The van der Waals surface area contributed by atoms with Crippen LogP contribution in [0.4, 0.5) is 0 Å². The average Bonchev–Trinajstić information content (AvgIpc) is 3.36. The summed E-state index contributed by atoms with van der Waals surface area (Å²) in [6.45, 7) is 0.570. The van der Waals surface area contributed by atoms with Crippen molar-refractivity contribution >= 4 is 28.2 Å². The number of hydroxylamine groups is 1. The minimum Gasteiger partial charge on any atom is -0.494 e. The zero-order valence-electron chi connectivity index (χ0n) is 18.6. The van der Waals surface area contributed by atoms with Gasteiger partial charge in [0.25, 0.3) is 5.91 Å². The van der Waals surface area contributed by atoms with Gasteiger partial charge in [-0.1, -0.05) is 5.16 Å². The highest BCUT2D eigenvalue weighted by Gasteiger charge is 2.52. The lowest BCUT2D eigenvalue weighted by Crippen LogP contribution is -2.54. The molecule has 0 spiro atoms. The average molecular weight is 525 g/mol. The molecule has 11 nitrogen and oxygen atoms in total. The van der Waals surface area contributed by atoms with Gasteiger partial charge >= 0.3 is 0 Å². The second kappa shape index (κ2) is 11.6. The molecule has 1 aliphatic heterocycles. The van der Waals surface area contributed by atoms with Crippen molar-refractivity contribution in [3.63, 3.8) is 0 Å². The second-order valence-corrected chi connectivity index (χ2v) is 9.99. The van der Waals surface area contributed by atoms with E-state index in [1.165, 1.54) is 29.7 Å². The highest BCUT2D eigenvalue weighted by Crippen LogP contribution is 2.35. The van der Waals surface area contributed by atoms with Crippen molar-refractivity contribution in [1.82, 2.24) is 20.6 Å². The summed E-state index contributed by atoms with van der Waals surface area (Å²) in [6.07, 6.45) is 4.35. The van der Waals surface area contributed by atoms with Gasteiger partial charge in [-0.25, -0.2) is 13.9 Å². The fraction of sp³-hybridized carbons (Fsp3) is 0.364. The van der Waals surface area contributed by atoms with E-state index in [0.29, 0.717) is 36.9 Å². The third kappa shape index (κ3) is 5.61. The van der Waals surface area contributed by atoms with Crippen molar-refractivity contribution in [2.45, 2.75) is 35.3 Å².